The van der Waals surface area contributed by atoms with Crippen molar-refractivity contribution in [1.29, 1.82) is 0 Å². The van der Waals surface area contributed by atoms with Gasteiger partial charge in [0.15, 0.2) is 0 Å². The molecule has 0 saturated heterocycles. The first-order chi connectivity index (χ1) is 9.88. The summed E-state index contributed by atoms with van der Waals surface area (Å²) in [6, 6.07) is 20.8. The van der Waals surface area contributed by atoms with Crippen molar-refractivity contribution in [3.63, 3.8) is 0 Å². The van der Waals surface area contributed by atoms with Crippen LogP contribution in [0.25, 0.3) is 21.7 Å². The third kappa shape index (κ3) is 2.64. The molecular weight excluding hydrogens is 264 g/mol. The van der Waals surface area contributed by atoms with Gasteiger partial charge in [0, 0.05) is 12.1 Å². The van der Waals surface area contributed by atoms with E-state index in [1.807, 2.05) is 19.2 Å². The minimum Gasteiger partial charge on any atom is -0.314 e. The molecule has 0 saturated carbocycles. The molecule has 1 aromatic heterocycles. The van der Waals surface area contributed by atoms with Crippen LogP contribution >= 0.6 is 11.3 Å². The third-order valence-electron chi connectivity index (χ3n) is 3.08. The van der Waals surface area contributed by atoms with Crippen LogP contribution in [0.15, 0.2) is 60.7 Å². The van der Waals surface area contributed by atoms with Gasteiger partial charge in [-0.15, -0.1) is 11.3 Å². The summed E-state index contributed by atoms with van der Waals surface area (Å²) in [6.07, 6.45) is 0. The van der Waals surface area contributed by atoms with Gasteiger partial charge in [0.2, 0.25) is 0 Å². The lowest BCUT2D eigenvalue weighted by Crippen LogP contribution is -2.04. The average molecular weight is 280 g/mol. The van der Waals surface area contributed by atoms with Crippen molar-refractivity contribution in [2.24, 2.45) is 0 Å². The number of nitrogens with one attached hydrogen (secondary N) is 1. The number of rotatable bonds is 4. The number of aromatic nitrogens is 1. The molecule has 0 bridgehead atoms. The highest BCUT2D eigenvalue weighted by molar-refractivity contribution is 7.15. The quantitative estimate of drug-likeness (QED) is 0.775. The van der Waals surface area contributed by atoms with Crippen LogP contribution in [-0.4, -0.2) is 12.0 Å². The second-order valence-corrected chi connectivity index (χ2v) is 5.63. The SMILES string of the molecule is CNCc1nc(-c2ccccc2)c(-c2ccccc2)s1. The molecule has 100 valence electrons. The number of thiazole rings is 1. The van der Waals surface area contributed by atoms with Crippen molar-refractivity contribution >= 4 is 11.3 Å². The van der Waals surface area contributed by atoms with Crippen LogP contribution in [0.3, 0.4) is 0 Å². The molecule has 0 aliphatic heterocycles. The van der Waals surface area contributed by atoms with Crippen molar-refractivity contribution in [3.8, 4) is 21.7 Å². The van der Waals surface area contributed by atoms with Crippen LogP contribution in [0.2, 0.25) is 0 Å². The number of hydrogen-bond acceptors (Lipinski definition) is 3. The zero-order valence-electron chi connectivity index (χ0n) is 11.3. The maximum Gasteiger partial charge on any atom is 0.108 e. The second kappa shape index (κ2) is 5.99. The molecule has 3 heteroatoms. The van der Waals surface area contributed by atoms with E-state index in [-0.39, 0.29) is 0 Å². The van der Waals surface area contributed by atoms with E-state index in [0.29, 0.717) is 0 Å². The predicted molar refractivity (Wildman–Crippen MR) is 85.7 cm³/mol. The summed E-state index contributed by atoms with van der Waals surface area (Å²) < 4.78 is 0. The Morgan fingerprint density at radius 1 is 0.900 bits per heavy atom. The molecule has 0 unspecified atom stereocenters. The fraction of sp³-hybridized carbons (Fsp3) is 0.118. The predicted octanol–water partition coefficient (Wildman–Crippen LogP) is 4.20. The molecule has 1 heterocycles. The maximum absolute atomic E-state index is 4.80. The molecule has 0 aliphatic rings. The van der Waals surface area contributed by atoms with Crippen LogP contribution in [0.4, 0.5) is 0 Å². The first-order valence-corrected chi connectivity index (χ1v) is 7.45. The third-order valence-corrected chi connectivity index (χ3v) is 4.19. The summed E-state index contributed by atoms with van der Waals surface area (Å²) in [5.41, 5.74) is 3.48. The average Bonchev–Trinajstić information content (AvgIpc) is 2.93. The van der Waals surface area contributed by atoms with E-state index < -0.39 is 0 Å². The van der Waals surface area contributed by atoms with Crippen molar-refractivity contribution in [2.75, 3.05) is 7.05 Å². The van der Waals surface area contributed by atoms with Gasteiger partial charge in [-0.05, 0) is 12.6 Å². The van der Waals surface area contributed by atoms with Gasteiger partial charge in [-0.3, -0.25) is 0 Å². The summed E-state index contributed by atoms with van der Waals surface area (Å²) in [6.45, 7) is 0.803. The first kappa shape index (κ1) is 13.0. The highest BCUT2D eigenvalue weighted by Gasteiger charge is 2.13. The van der Waals surface area contributed by atoms with E-state index in [0.717, 1.165) is 17.2 Å². The minimum atomic E-state index is 0.803. The number of nitrogens with zero attached hydrogens (tertiary/aromatic N) is 1. The Morgan fingerprint density at radius 2 is 1.50 bits per heavy atom. The van der Waals surface area contributed by atoms with E-state index in [1.165, 1.54) is 16.0 Å². The van der Waals surface area contributed by atoms with Crippen molar-refractivity contribution in [2.45, 2.75) is 6.54 Å². The van der Waals surface area contributed by atoms with Crippen molar-refractivity contribution in [1.82, 2.24) is 10.3 Å². The van der Waals surface area contributed by atoms with Crippen molar-refractivity contribution < 1.29 is 0 Å². The minimum absolute atomic E-state index is 0.803. The van der Waals surface area contributed by atoms with Gasteiger partial charge in [0.05, 0.1) is 10.6 Å². The van der Waals surface area contributed by atoms with Gasteiger partial charge >= 0.3 is 0 Å². The van der Waals surface area contributed by atoms with Crippen LogP contribution in [0.5, 0.6) is 0 Å². The number of benzene rings is 2. The molecule has 3 rings (SSSR count). The van der Waals surface area contributed by atoms with Crippen LogP contribution in [0, 0.1) is 0 Å². The Balaban J connectivity index is 2.13. The van der Waals surface area contributed by atoms with E-state index in [1.54, 1.807) is 11.3 Å². The van der Waals surface area contributed by atoms with E-state index in [2.05, 4.69) is 53.8 Å². The molecule has 20 heavy (non-hydrogen) atoms. The highest BCUT2D eigenvalue weighted by Crippen LogP contribution is 2.36. The molecule has 2 nitrogen and oxygen atoms in total. The van der Waals surface area contributed by atoms with Crippen LogP contribution < -0.4 is 5.32 Å². The largest absolute Gasteiger partial charge is 0.314 e. The Labute approximate surface area is 123 Å². The topological polar surface area (TPSA) is 24.9 Å². The molecule has 0 aliphatic carbocycles. The van der Waals surface area contributed by atoms with Crippen LogP contribution in [0.1, 0.15) is 5.01 Å². The second-order valence-electron chi connectivity index (χ2n) is 4.55. The van der Waals surface area contributed by atoms with Gasteiger partial charge in [-0.1, -0.05) is 60.7 Å². The van der Waals surface area contributed by atoms with Gasteiger partial charge in [-0.2, -0.15) is 0 Å². The molecule has 0 spiro atoms. The molecule has 0 amide bonds. The lowest BCUT2D eigenvalue weighted by molar-refractivity contribution is 0.811. The van der Waals surface area contributed by atoms with Crippen molar-refractivity contribution in [3.05, 3.63) is 65.7 Å². The Hall–Kier alpha value is -1.97. The molecular formula is C17H16N2S. The smallest absolute Gasteiger partial charge is 0.108 e. The summed E-state index contributed by atoms with van der Waals surface area (Å²) in [7, 11) is 1.95. The maximum atomic E-state index is 4.80. The van der Waals surface area contributed by atoms with E-state index in [9.17, 15) is 0 Å². The van der Waals surface area contributed by atoms with Gasteiger partial charge in [0.25, 0.3) is 0 Å². The molecule has 2 aromatic carbocycles. The molecule has 0 radical (unpaired) electrons. The lowest BCUT2D eigenvalue weighted by Gasteiger charge is -2.02. The van der Waals surface area contributed by atoms with E-state index in [4.69, 9.17) is 4.98 Å². The first-order valence-electron chi connectivity index (χ1n) is 6.63. The molecule has 3 aromatic rings. The zero-order valence-corrected chi connectivity index (χ0v) is 12.2. The molecule has 1 N–H and O–H groups in total. The normalized spacial score (nSPS) is 10.7. The lowest BCUT2D eigenvalue weighted by atomic mass is 10.1. The summed E-state index contributed by atoms with van der Waals surface area (Å²) in [5.74, 6) is 0. The molecule has 0 fully saturated rings. The Bertz CT molecular complexity index is 618. The van der Waals surface area contributed by atoms with Gasteiger partial charge < -0.3 is 5.32 Å². The Kier molecular flexibility index (Phi) is 3.90. The summed E-state index contributed by atoms with van der Waals surface area (Å²) in [5, 5.41) is 4.29. The number of hydrogen-bond donors (Lipinski definition) is 1. The zero-order chi connectivity index (χ0) is 13.8. The summed E-state index contributed by atoms with van der Waals surface area (Å²) >= 11 is 1.76. The molecule has 0 atom stereocenters. The fourth-order valence-electron chi connectivity index (χ4n) is 2.17. The summed E-state index contributed by atoms with van der Waals surface area (Å²) in [4.78, 5) is 6.04. The van der Waals surface area contributed by atoms with Gasteiger partial charge in [0.1, 0.15) is 5.01 Å². The Morgan fingerprint density at radius 3 is 2.10 bits per heavy atom. The van der Waals surface area contributed by atoms with E-state index >= 15 is 0 Å². The standard InChI is InChI=1S/C17H16N2S/c1-18-12-15-19-16(13-8-4-2-5-9-13)17(20-15)14-10-6-3-7-11-14/h2-11,18H,12H2,1H3. The van der Waals surface area contributed by atoms with Gasteiger partial charge in [-0.25, -0.2) is 4.98 Å². The fourth-order valence-corrected chi connectivity index (χ4v) is 3.27. The van der Waals surface area contributed by atoms with Crippen LogP contribution in [-0.2, 0) is 6.54 Å². The monoisotopic (exact) mass is 280 g/mol. The highest BCUT2D eigenvalue weighted by atomic mass is 32.1.